The van der Waals surface area contributed by atoms with Crippen molar-refractivity contribution in [1.82, 2.24) is 0 Å². The van der Waals surface area contributed by atoms with Crippen molar-refractivity contribution in [2.24, 2.45) is 5.73 Å². The number of nitrogens with two attached hydrogens (primary N) is 1. The average molecular weight is 211 g/mol. The molecule has 0 unspecified atom stereocenters. The topological polar surface area (TPSA) is 87.1 Å². The lowest BCUT2D eigenvalue weighted by atomic mass is 10.0. The molecular formula is C9H7ClN2O2. The van der Waals surface area contributed by atoms with Crippen molar-refractivity contribution in [2.45, 2.75) is 6.54 Å². The highest BCUT2D eigenvalue weighted by atomic mass is 35.5. The third kappa shape index (κ3) is 1.84. The lowest BCUT2D eigenvalue weighted by Crippen LogP contribution is -2.07. The van der Waals surface area contributed by atoms with Gasteiger partial charge in [-0.3, -0.25) is 0 Å². The first-order chi connectivity index (χ1) is 6.60. The predicted molar refractivity (Wildman–Crippen MR) is 51.0 cm³/mol. The summed E-state index contributed by atoms with van der Waals surface area (Å²) in [5.74, 6) is -1.10. The molecule has 0 radical (unpaired) electrons. The Labute approximate surface area is 85.5 Å². The molecule has 1 rings (SSSR count). The number of hydrogen-bond donors (Lipinski definition) is 2. The third-order valence-corrected chi connectivity index (χ3v) is 2.08. The number of carboxylic acids is 1. The molecule has 0 fully saturated rings. The van der Waals surface area contributed by atoms with Crippen molar-refractivity contribution in [3.63, 3.8) is 0 Å². The highest BCUT2D eigenvalue weighted by molar-refractivity contribution is 6.32. The van der Waals surface area contributed by atoms with Gasteiger partial charge in [0.25, 0.3) is 0 Å². The minimum atomic E-state index is -1.10. The van der Waals surface area contributed by atoms with E-state index >= 15 is 0 Å². The van der Waals surface area contributed by atoms with Crippen LogP contribution in [0.4, 0.5) is 0 Å². The maximum Gasteiger partial charge on any atom is 0.336 e. The van der Waals surface area contributed by atoms with Crippen LogP contribution in [0.25, 0.3) is 0 Å². The molecule has 5 heteroatoms. The smallest absolute Gasteiger partial charge is 0.336 e. The quantitative estimate of drug-likeness (QED) is 0.772. The van der Waals surface area contributed by atoms with Crippen LogP contribution in [0, 0.1) is 11.3 Å². The highest BCUT2D eigenvalue weighted by Gasteiger charge is 2.12. The largest absolute Gasteiger partial charge is 0.478 e. The number of halogens is 1. The number of nitrogens with zero attached hydrogens (tertiary/aromatic N) is 1. The van der Waals surface area contributed by atoms with Crippen molar-refractivity contribution < 1.29 is 9.90 Å². The second kappa shape index (κ2) is 4.09. The van der Waals surface area contributed by atoms with Gasteiger partial charge in [-0.05, 0) is 17.7 Å². The van der Waals surface area contributed by atoms with Gasteiger partial charge in [-0.1, -0.05) is 11.6 Å². The molecule has 0 atom stereocenters. The van der Waals surface area contributed by atoms with E-state index in [1.807, 2.05) is 6.07 Å². The summed E-state index contributed by atoms with van der Waals surface area (Å²) >= 11 is 5.68. The zero-order valence-electron chi connectivity index (χ0n) is 7.12. The molecule has 1 aromatic rings. The van der Waals surface area contributed by atoms with Crippen LogP contribution in [-0.4, -0.2) is 11.1 Å². The van der Waals surface area contributed by atoms with E-state index in [1.165, 1.54) is 12.1 Å². The van der Waals surface area contributed by atoms with Gasteiger partial charge >= 0.3 is 5.97 Å². The first-order valence-corrected chi connectivity index (χ1v) is 4.13. The van der Waals surface area contributed by atoms with Crippen LogP contribution in [0.3, 0.4) is 0 Å². The predicted octanol–water partition coefficient (Wildman–Crippen LogP) is 1.37. The Balaban J connectivity index is 3.41. The molecule has 1 aromatic carbocycles. The number of nitriles is 1. The molecule has 0 aromatic heterocycles. The maximum absolute atomic E-state index is 10.7. The third-order valence-electron chi connectivity index (χ3n) is 1.76. The molecule has 14 heavy (non-hydrogen) atoms. The second-order valence-electron chi connectivity index (χ2n) is 2.61. The summed E-state index contributed by atoms with van der Waals surface area (Å²) in [4.78, 5) is 10.7. The van der Waals surface area contributed by atoms with Crippen molar-refractivity contribution in [1.29, 1.82) is 5.26 Å². The molecule has 0 aliphatic rings. The SMILES string of the molecule is N#Cc1cc(CN)c(C(=O)O)cc1Cl. The molecule has 0 heterocycles. The zero-order valence-corrected chi connectivity index (χ0v) is 7.88. The lowest BCUT2D eigenvalue weighted by Gasteiger charge is -2.04. The second-order valence-corrected chi connectivity index (χ2v) is 3.02. The lowest BCUT2D eigenvalue weighted by molar-refractivity contribution is 0.0695. The van der Waals surface area contributed by atoms with Gasteiger partial charge in [-0.25, -0.2) is 4.79 Å². The van der Waals surface area contributed by atoms with E-state index in [9.17, 15) is 4.79 Å². The van der Waals surface area contributed by atoms with E-state index in [0.29, 0.717) is 5.56 Å². The summed E-state index contributed by atoms with van der Waals surface area (Å²) in [6.07, 6.45) is 0. The summed E-state index contributed by atoms with van der Waals surface area (Å²) in [5, 5.41) is 17.6. The van der Waals surface area contributed by atoms with Crippen molar-refractivity contribution in [2.75, 3.05) is 0 Å². The normalized spacial score (nSPS) is 9.50. The number of benzene rings is 1. The molecule has 0 bridgehead atoms. The van der Waals surface area contributed by atoms with E-state index in [2.05, 4.69) is 0 Å². The Kier molecular flexibility index (Phi) is 3.07. The van der Waals surface area contributed by atoms with E-state index in [1.54, 1.807) is 0 Å². The van der Waals surface area contributed by atoms with E-state index in [-0.39, 0.29) is 22.7 Å². The number of rotatable bonds is 2. The number of carboxylic acid groups (broad SMARTS) is 1. The first kappa shape index (κ1) is 10.5. The van der Waals surface area contributed by atoms with Gasteiger partial charge in [0.1, 0.15) is 6.07 Å². The number of aromatic carboxylic acids is 1. The Morgan fingerprint density at radius 2 is 2.29 bits per heavy atom. The monoisotopic (exact) mass is 210 g/mol. The molecule has 0 amide bonds. The molecule has 0 aliphatic carbocycles. The van der Waals surface area contributed by atoms with E-state index < -0.39 is 5.97 Å². The van der Waals surface area contributed by atoms with Crippen molar-refractivity contribution in [3.8, 4) is 6.07 Å². The highest BCUT2D eigenvalue weighted by Crippen LogP contribution is 2.20. The minimum Gasteiger partial charge on any atom is -0.478 e. The average Bonchev–Trinajstić information content (AvgIpc) is 2.17. The number of carbonyl (C=O) groups is 1. The summed E-state index contributed by atoms with van der Waals surface area (Å²) in [6.45, 7) is 0.0630. The molecule has 4 nitrogen and oxygen atoms in total. The molecule has 0 saturated heterocycles. The van der Waals surface area contributed by atoms with Crippen LogP contribution in [0.15, 0.2) is 12.1 Å². The van der Waals surface area contributed by atoms with Crippen LogP contribution in [0.2, 0.25) is 5.02 Å². The van der Waals surface area contributed by atoms with Crippen LogP contribution in [0.5, 0.6) is 0 Å². The van der Waals surface area contributed by atoms with Gasteiger partial charge in [-0.15, -0.1) is 0 Å². The van der Waals surface area contributed by atoms with Gasteiger partial charge in [0, 0.05) is 6.54 Å². The van der Waals surface area contributed by atoms with Gasteiger partial charge in [0.05, 0.1) is 16.1 Å². The van der Waals surface area contributed by atoms with Crippen LogP contribution in [-0.2, 0) is 6.54 Å². The fraction of sp³-hybridized carbons (Fsp3) is 0.111. The van der Waals surface area contributed by atoms with Crippen LogP contribution < -0.4 is 5.73 Å². The molecule has 0 spiro atoms. The molecular weight excluding hydrogens is 204 g/mol. The Morgan fingerprint density at radius 3 is 2.71 bits per heavy atom. The minimum absolute atomic E-state index is 0.0384. The maximum atomic E-state index is 10.7. The van der Waals surface area contributed by atoms with Crippen LogP contribution >= 0.6 is 11.6 Å². The van der Waals surface area contributed by atoms with Gasteiger partial charge in [0.2, 0.25) is 0 Å². The molecule has 3 N–H and O–H groups in total. The fourth-order valence-corrected chi connectivity index (χ4v) is 1.28. The van der Waals surface area contributed by atoms with Crippen molar-refractivity contribution in [3.05, 3.63) is 33.8 Å². The summed E-state index contributed by atoms with van der Waals surface area (Å²) < 4.78 is 0. The van der Waals surface area contributed by atoms with Crippen molar-refractivity contribution >= 4 is 17.6 Å². The summed E-state index contributed by atoms with van der Waals surface area (Å²) in [7, 11) is 0. The number of hydrogen-bond acceptors (Lipinski definition) is 3. The summed E-state index contributed by atoms with van der Waals surface area (Å²) in [5.41, 5.74) is 6.02. The first-order valence-electron chi connectivity index (χ1n) is 3.76. The zero-order chi connectivity index (χ0) is 10.7. The fourth-order valence-electron chi connectivity index (χ4n) is 1.07. The van der Waals surface area contributed by atoms with E-state index in [0.717, 1.165) is 0 Å². The molecule has 0 saturated carbocycles. The van der Waals surface area contributed by atoms with Crippen LogP contribution in [0.1, 0.15) is 21.5 Å². The van der Waals surface area contributed by atoms with Gasteiger partial charge in [-0.2, -0.15) is 5.26 Å². The Hall–Kier alpha value is -1.57. The van der Waals surface area contributed by atoms with Gasteiger partial charge < -0.3 is 10.8 Å². The van der Waals surface area contributed by atoms with Gasteiger partial charge in [0.15, 0.2) is 0 Å². The molecule has 0 aliphatic heterocycles. The van der Waals surface area contributed by atoms with E-state index in [4.69, 9.17) is 27.7 Å². The molecule has 72 valence electrons. The Bertz CT molecular complexity index is 424. The Morgan fingerprint density at radius 1 is 1.64 bits per heavy atom. The standard InChI is InChI=1S/C9H7ClN2O2/c10-8-2-7(9(13)14)5(3-11)1-6(8)4-12/h1-2H,3,11H2,(H,13,14). The summed E-state index contributed by atoms with van der Waals surface area (Å²) in [6, 6.07) is 4.49.